The Morgan fingerprint density at radius 3 is 2.60 bits per heavy atom. The number of rotatable bonds is 2. The summed E-state index contributed by atoms with van der Waals surface area (Å²) in [7, 11) is 0. The van der Waals surface area contributed by atoms with E-state index in [0.29, 0.717) is 0 Å². The van der Waals surface area contributed by atoms with Crippen molar-refractivity contribution in [1.29, 1.82) is 0 Å². The fraction of sp³-hybridized carbons (Fsp3) is 0.0833. The Balaban J connectivity index is 2.34. The normalized spacial score (nSPS) is 10.2. The Morgan fingerprint density at radius 1 is 1.13 bits per heavy atom. The zero-order valence-electron chi connectivity index (χ0n) is 8.10. The van der Waals surface area contributed by atoms with Crippen LogP contribution in [0.1, 0.15) is 5.56 Å². The van der Waals surface area contributed by atoms with Crippen LogP contribution < -0.4 is 5.48 Å². The molecule has 0 fully saturated rings. The van der Waals surface area contributed by atoms with Crippen LogP contribution in [-0.2, 0) is 11.2 Å². The summed E-state index contributed by atoms with van der Waals surface area (Å²) in [5, 5.41) is 10.7. The van der Waals surface area contributed by atoms with E-state index in [0.717, 1.165) is 16.3 Å². The maximum Gasteiger partial charge on any atom is 0.247 e. The Kier molecular flexibility index (Phi) is 2.65. The number of nitrogens with one attached hydrogen (secondary N) is 1. The Labute approximate surface area is 87.3 Å². The van der Waals surface area contributed by atoms with Crippen molar-refractivity contribution in [2.24, 2.45) is 0 Å². The summed E-state index contributed by atoms with van der Waals surface area (Å²) >= 11 is 0. The van der Waals surface area contributed by atoms with E-state index in [1.54, 1.807) is 5.48 Å². The van der Waals surface area contributed by atoms with E-state index in [4.69, 9.17) is 5.21 Å². The molecule has 0 spiro atoms. The van der Waals surface area contributed by atoms with Crippen LogP contribution in [0.5, 0.6) is 0 Å². The van der Waals surface area contributed by atoms with Crippen LogP contribution >= 0.6 is 0 Å². The van der Waals surface area contributed by atoms with Crippen LogP contribution in [0.4, 0.5) is 0 Å². The van der Waals surface area contributed by atoms with Crippen LogP contribution in [0.25, 0.3) is 10.8 Å². The van der Waals surface area contributed by atoms with Crippen molar-refractivity contribution >= 4 is 16.7 Å². The largest absolute Gasteiger partial charge is 0.289 e. The molecule has 0 saturated carbocycles. The lowest BCUT2D eigenvalue weighted by Crippen LogP contribution is -2.20. The SMILES string of the molecule is O=C(Cc1ccc2ccccc2c1)NO. The summed E-state index contributed by atoms with van der Waals surface area (Å²) in [6, 6.07) is 13.7. The minimum atomic E-state index is -0.398. The molecular formula is C12H11NO2. The van der Waals surface area contributed by atoms with E-state index in [-0.39, 0.29) is 6.42 Å². The van der Waals surface area contributed by atoms with Gasteiger partial charge in [0.15, 0.2) is 0 Å². The number of carbonyl (C=O) groups excluding carboxylic acids is 1. The highest BCUT2D eigenvalue weighted by Gasteiger charge is 2.02. The maximum absolute atomic E-state index is 11.0. The van der Waals surface area contributed by atoms with Gasteiger partial charge in [0.2, 0.25) is 5.91 Å². The number of hydroxylamine groups is 1. The smallest absolute Gasteiger partial charge is 0.247 e. The van der Waals surface area contributed by atoms with Crippen molar-refractivity contribution in [2.45, 2.75) is 6.42 Å². The van der Waals surface area contributed by atoms with E-state index >= 15 is 0 Å². The first-order chi connectivity index (χ1) is 7.29. The van der Waals surface area contributed by atoms with Crippen LogP contribution in [0, 0.1) is 0 Å². The third-order valence-electron chi connectivity index (χ3n) is 2.30. The molecule has 2 aromatic carbocycles. The third-order valence-corrected chi connectivity index (χ3v) is 2.30. The average Bonchev–Trinajstić information content (AvgIpc) is 2.29. The highest BCUT2D eigenvalue weighted by Crippen LogP contribution is 2.15. The van der Waals surface area contributed by atoms with Crippen molar-refractivity contribution in [3.05, 3.63) is 48.0 Å². The first-order valence-electron chi connectivity index (χ1n) is 4.70. The number of carbonyl (C=O) groups is 1. The van der Waals surface area contributed by atoms with E-state index < -0.39 is 5.91 Å². The van der Waals surface area contributed by atoms with Gasteiger partial charge >= 0.3 is 0 Å². The monoisotopic (exact) mass is 201 g/mol. The van der Waals surface area contributed by atoms with Crippen LogP contribution in [-0.4, -0.2) is 11.1 Å². The number of fused-ring (bicyclic) bond motifs is 1. The molecule has 15 heavy (non-hydrogen) atoms. The molecule has 0 bridgehead atoms. The standard InChI is InChI=1S/C12H11NO2/c14-12(13-15)8-9-5-6-10-3-1-2-4-11(10)7-9/h1-7,15H,8H2,(H,13,14). The van der Waals surface area contributed by atoms with Gasteiger partial charge < -0.3 is 0 Å². The molecule has 3 nitrogen and oxygen atoms in total. The Bertz CT molecular complexity index is 494. The van der Waals surface area contributed by atoms with Gasteiger partial charge in [0.1, 0.15) is 0 Å². The summed E-state index contributed by atoms with van der Waals surface area (Å²) in [4.78, 5) is 11.0. The minimum Gasteiger partial charge on any atom is -0.289 e. The topological polar surface area (TPSA) is 49.3 Å². The fourth-order valence-electron chi connectivity index (χ4n) is 1.57. The third kappa shape index (κ3) is 2.14. The van der Waals surface area contributed by atoms with Gasteiger partial charge in [-0.25, -0.2) is 5.48 Å². The lowest BCUT2D eigenvalue weighted by molar-refractivity contribution is -0.128. The second-order valence-electron chi connectivity index (χ2n) is 3.39. The van der Waals surface area contributed by atoms with Crippen molar-refractivity contribution < 1.29 is 10.0 Å². The van der Waals surface area contributed by atoms with Gasteiger partial charge in [-0.15, -0.1) is 0 Å². The molecule has 0 aliphatic carbocycles. The molecule has 0 aliphatic heterocycles. The molecule has 1 amide bonds. The summed E-state index contributed by atoms with van der Waals surface area (Å²) in [5.74, 6) is -0.398. The molecule has 0 aromatic heterocycles. The summed E-state index contributed by atoms with van der Waals surface area (Å²) in [6.07, 6.45) is 0.196. The Hall–Kier alpha value is -1.87. The molecule has 0 unspecified atom stereocenters. The maximum atomic E-state index is 11.0. The van der Waals surface area contributed by atoms with E-state index in [1.807, 2.05) is 42.5 Å². The van der Waals surface area contributed by atoms with Gasteiger partial charge in [-0.2, -0.15) is 0 Å². The lowest BCUT2D eigenvalue weighted by Gasteiger charge is -2.02. The van der Waals surface area contributed by atoms with Gasteiger partial charge in [0, 0.05) is 0 Å². The number of amides is 1. The molecule has 76 valence electrons. The molecular weight excluding hydrogens is 190 g/mol. The molecule has 0 radical (unpaired) electrons. The minimum absolute atomic E-state index is 0.196. The predicted octanol–water partition coefficient (Wildman–Crippen LogP) is 1.89. The van der Waals surface area contributed by atoms with Crippen molar-refractivity contribution in [1.82, 2.24) is 5.48 Å². The van der Waals surface area contributed by atoms with Crippen molar-refractivity contribution in [3.63, 3.8) is 0 Å². The lowest BCUT2D eigenvalue weighted by atomic mass is 10.1. The molecule has 0 atom stereocenters. The summed E-state index contributed by atoms with van der Waals surface area (Å²) in [5.41, 5.74) is 2.51. The predicted molar refractivity (Wildman–Crippen MR) is 57.6 cm³/mol. The molecule has 0 heterocycles. The van der Waals surface area contributed by atoms with Gasteiger partial charge in [-0.05, 0) is 16.3 Å². The fourth-order valence-corrected chi connectivity index (χ4v) is 1.57. The highest BCUT2D eigenvalue weighted by molar-refractivity contribution is 5.85. The van der Waals surface area contributed by atoms with Gasteiger partial charge in [0.05, 0.1) is 6.42 Å². The molecule has 2 N–H and O–H groups in total. The molecule has 2 rings (SSSR count). The van der Waals surface area contributed by atoms with E-state index in [2.05, 4.69) is 0 Å². The number of benzene rings is 2. The quantitative estimate of drug-likeness (QED) is 0.575. The first-order valence-corrected chi connectivity index (χ1v) is 4.70. The van der Waals surface area contributed by atoms with Gasteiger partial charge in [-0.1, -0.05) is 42.5 Å². The molecule has 2 aromatic rings. The average molecular weight is 201 g/mol. The zero-order valence-corrected chi connectivity index (χ0v) is 8.10. The molecule has 0 saturated heterocycles. The van der Waals surface area contributed by atoms with Gasteiger partial charge in [0.25, 0.3) is 0 Å². The summed E-state index contributed by atoms with van der Waals surface area (Å²) in [6.45, 7) is 0. The Morgan fingerprint density at radius 2 is 1.87 bits per heavy atom. The van der Waals surface area contributed by atoms with Crippen molar-refractivity contribution in [2.75, 3.05) is 0 Å². The van der Waals surface area contributed by atoms with E-state index in [9.17, 15) is 4.79 Å². The van der Waals surface area contributed by atoms with Gasteiger partial charge in [-0.3, -0.25) is 10.0 Å². The first kappa shape index (κ1) is 9.68. The number of hydrogen-bond acceptors (Lipinski definition) is 2. The summed E-state index contributed by atoms with van der Waals surface area (Å²) < 4.78 is 0. The van der Waals surface area contributed by atoms with Crippen LogP contribution in [0.2, 0.25) is 0 Å². The van der Waals surface area contributed by atoms with Crippen LogP contribution in [0.15, 0.2) is 42.5 Å². The van der Waals surface area contributed by atoms with Crippen LogP contribution in [0.3, 0.4) is 0 Å². The second kappa shape index (κ2) is 4.11. The highest BCUT2D eigenvalue weighted by atomic mass is 16.5. The molecule has 0 aliphatic rings. The molecule has 3 heteroatoms. The van der Waals surface area contributed by atoms with Crippen molar-refractivity contribution in [3.8, 4) is 0 Å². The second-order valence-corrected chi connectivity index (χ2v) is 3.39. The zero-order chi connectivity index (χ0) is 10.7. The number of hydrogen-bond donors (Lipinski definition) is 2. The van der Waals surface area contributed by atoms with E-state index in [1.165, 1.54) is 0 Å².